The maximum Gasteiger partial charge on any atom is 0.313 e. The van der Waals surface area contributed by atoms with Gasteiger partial charge in [0, 0.05) is 19.0 Å². The second kappa shape index (κ2) is 4.29. The van der Waals surface area contributed by atoms with E-state index in [-0.39, 0.29) is 23.4 Å². The Morgan fingerprint density at radius 1 is 1.56 bits per heavy atom. The van der Waals surface area contributed by atoms with E-state index < -0.39 is 4.92 Å². The molecule has 1 heterocycles. The Bertz CT molecular complexity index is 527. The summed E-state index contributed by atoms with van der Waals surface area (Å²) in [6.45, 7) is 3.38. The van der Waals surface area contributed by atoms with Crippen LogP contribution in [0.25, 0.3) is 0 Å². The van der Waals surface area contributed by atoms with Gasteiger partial charge in [0.15, 0.2) is 5.75 Å². The number of hydrogen-bond acceptors (Lipinski definition) is 4. The van der Waals surface area contributed by atoms with E-state index in [0.29, 0.717) is 12.1 Å². The van der Waals surface area contributed by atoms with Gasteiger partial charge in [0.1, 0.15) is 0 Å². The molecule has 0 saturated heterocycles. The first-order chi connectivity index (χ1) is 8.45. The lowest BCUT2D eigenvalue weighted by molar-refractivity contribution is -0.385. The van der Waals surface area contributed by atoms with Crippen molar-refractivity contribution in [2.24, 2.45) is 0 Å². The Morgan fingerprint density at radius 2 is 2.22 bits per heavy atom. The third-order valence-corrected chi connectivity index (χ3v) is 3.13. The van der Waals surface area contributed by atoms with Crippen LogP contribution in [-0.4, -0.2) is 24.0 Å². The number of fused-ring (bicyclic) bond motifs is 1. The van der Waals surface area contributed by atoms with Crippen molar-refractivity contribution >= 4 is 17.3 Å². The molecule has 0 fully saturated rings. The molecule has 1 atom stereocenters. The highest BCUT2D eigenvalue weighted by molar-refractivity contribution is 5.95. The van der Waals surface area contributed by atoms with E-state index in [2.05, 4.69) is 0 Å². The molecule has 0 spiro atoms. The average Bonchev–Trinajstić information content (AvgIpc) is 2.61. The number of carbonyl (C=O) groups is 1. The summed E-state index contributed by atoms with van der Waals surface area (Å²) < 4.78 is 5.02. The molecular weight excluding hydrogens is 236 g/mol. The summed E-state index contributed by atoms with van der Waals surface area (Å²) in [5.41, 5.74) is 1.40. The fourth-order valence-corrected chi connectivity index (χ4v) is 2.42. The van der Waals surface area contributed by atoms with Crippen LogP contribution in [0.2, 0.25) is 0 Å². The van der Waals surface area contributed by atoms with E-state index >= 15 is 0 Å². The predicted octanol–water partition coefficient (Wildman–Crippen LogP) is 1.90. The average molecular weight is 250 g/mol. The molecule has 0 aliphatic carbocycles. The van der Waals surface area contributed by atoms with Crippen LogP contribution >= 0.6 is 0 Å². The summed E-state index contributed by atoms with van der Waals surface area (Å²) in [5.74, 6) is 0.122. The molecule has 6 nitrogen and oxygen atoms in total. The molecule has 0 N–H and O–H groups in total. The molecule has 0 saturated carbocycles. The number of nitrogens with zero attached hydrogens (tertiary/aromatic N) is 2. The zero-order valence-corrected chi connectivity index (χ0v) is 10.5. The minimum Gasteiger partial charge on any atom is -0.490 e. The molecule has 96 valence electrons. The fraction of sp³-hybridized carbons (Fsp3) is 0.417. The highest BCUT2D eigenvalue weighted by atomic mass is 16.6. The highest BCUT2D eigenvalue weighted by Gasteiger charge is 2.32. The Morgan fingerprint density at radius 3 is 2.72 bits per heavy atom. The molecule has 1 aromatic rings. The lowest BCUT2D eigenvalue weighted by Gasteiger charge is -2.20. The van der Waals surface area contributed by atoms with Gasteiger partial charge in [-0.25, -0.2) is 0 Å². The first kappa shape index (κ1) is 12.3. The second-order valence-corrected chi connectivity index (χ2v) is 4.35. The molecule has 1 aromatic carbocycles. The van der Waals surface area contributed by atoms with Crippen LogP contribution in [0.1, 0.15) is 19.4 Å². The third-order valence-electron chi connectivity index (χ3n) is 3.13. The summed E-state index contributed by atoms with van der Waals surface area (Å²) in [5, 5.41) is 11.0. The molecule has 0 radical (unpaired) electrons. The molecule has 1 amide bonds. The van der Waals surface area contributed by atoms with Crippen molar-refractivity contribution in [1.29, 1.82) is 0 Å². The Hall–Kier alpha value is -2.11. The van der Waals surface area contributed by atoms with Gasteiger partial charge in [0.2, 0.25) is 5.91 Å². The van der Waals surface area contributed by atoms with E-state index in [4.69, 9.17) is 4.74 Å². The molecular formula is C12H14N2O4. The van der Waals surface area contributed by atoms with Crippen LogP contribution in [-0.2, 0) is 11.2 Å². The van der Waals surface area contributed by atoms with Gasteiger partial charge in [-0.2, -0.15) is 0 Å². The van der Waals surface area contributed by atoms with Crippen molar-refractivity contribution in [2.45, 2.75) is 26.3 Å². The topological polar surface area (TPSA) is 72.7 Å². The zero-order valence-electron chi connectivity index (χ0n) is 10.5. The Labute approximate surface area is 104 Å². The van der Waals surface area contributed by atoms with Crippen molar-refractivity contribution < 1.29 is 14.5 Å². The van der Waals surface area contributed by atoms with E-state index in [9.17, 15) is 14.9 Å². The summed E-state index contributed by atoms with van der Waals surface area (Å²) in [4.78, 5) is 23.6. The maximum absolute atomic E-state index is 11.6. The van der Waals surface area contributed by atoms with Crippen LogP contribution in [0, 0.1) is 10.1 Å². The van der Waals surface area contributed by atoms with Crippen LogP contribution in [0.5, 0.6) is 5.75 Å². The number of nitro benzene ring substituents is 1. The quantitative estimate of drug-likeness (QED) is 0.593. The lowest BCUT2D eigenvalue weighted by Crippen LogP contribution is -2.33. The first-order valence-corrected chi connectivity index (χ1v) is 5.60. The minimum absolute atomic E-state index is 0.0178. The number of methoxy groups -OCH3 is 1. The van der Waals surface area contributed by atoms with Crippen LogP contribution in [0.3, 0.4) is 0 Å². The van der Waals surface area contributed by atoms with Crippen molar-refractivity contribution in [1.82, 2.24) is 0 Å². The van der Waals surface area contributed by atoms with Crippen molar-refractivity contribution in [2.75, 3.05) is 12.0 Å². The first-order valence-electron chi connectivity index (χ1n) is 5.60. The van der Waals surface area contributed by atoms with Crippen LogP contribution in [0.4, 0.5) is 11.4 Å². The number of rotatable bonds is 2. The van der Waals surface area contributed by atoms with Crippen molar-refractivity contribution in [3.8, 4) is 5.75 Å². The standard InChI is InChI=1S/C12H14N2O4/c1-7-4-9-5-12(18-3)11(14(16)17)6-10(9)13(7)8(2)15/h5-7H,4H2,1-3H3. The fourth-order valence-electron chi connectivity index (χ4n) is 2.42. The number of amides is 1. The van der Waals surface area contributed by atoms with Gasteiger partial charge in [0.05, 0.1) is 17.7 Å². The largest absolute Gasteiger partial charge is 0.490 e. The monoisotopic (exact) mass is 250 g/mol. The Kier molecular flexibility index (Phi) is 2.94. The summed E-state index contributed by atoms with van der Waals surface area (Å²) in [7, 11) is 1.40. The third kappa shape index (κ3) is 1.79. The number of benzene rings is 1. The van der Waals surface area contributed by atoms with Gasteiger partial charge in [-0.1, -0.05) is 0 Å². The molecule has 6 heteroatoms. The molecule has 1 aliphatic rings. The Balaban J connectivity index is 2.59. The van der Waals surface area contributed by atoms with Crippen LogP contribution < -0.4 is 9.64 Å². The normalized spacial score (nSPS) is 17.5. The van der Waals surface area contributed by atoms with Gasteiger partial charge >= 0.3 is 5.69 Å². The number of ether oxygens (including phenoxy) is 1. The SMILES string of the molecule is COc1cc2c(cc1[N+](=O)[O-])N(C(C)=O)C(C)C2. The van der Waals surface area contributed by atoms with E-state index in [0.717, 1.165) is 5.56 Å². The summed E-state index contributed by atoms with van der Waals surface area (Å²) >= 11 is 0. The number of anilines is 1. The minimum atomic E-state index is -0.500. The van der Waals surface area contributed by atoms with Gasteiger partial charge in [-0.05, 0) is 25.0 Å². The second-order valence-electron chi connectivity index (χ2n) is 4.35. The molecule has 1 aliphatic heterocycles. The maximum atomic E-state index is 11.6. The number of carbonyl (C=O) groups excluding carboxylic acids is 1. The van der Waals surface area contributed by atoms with Crippen LogP contribution in [0.15, 0.2) is 12.1 Å². The molecule has 18 heavy (non-hydrogen) atoms. The highest BCUT2D eigenvalue weighted by Crippen LogP contribution is 2.40. The summed E-state index contributed by atoms with van der Waals surface area (Å²) in [6.07, 6.45) is 0.684. The van der Waals surface area contributed by atoms with Gasteiger partial charge in [-0.3, -0.25) is 14.9 Å². The number of nitro groups is 1. The number of hydrogen-bond donors (Lipinski definition) is 0. The molecule has 0 bridgehead atoms. The van der Waals surface area contributed by atoms with Crippen molar-refractivity contribution in [3.63, 3.8) is 0 Å². The van der Waals surface area contributed by atoms with E-state index in [1.165, 1.54) is 20.1 Å². The molecule has 1 unspecified atom stereocenters. The lowest BCUT2D eigenvalue weighted by atomic mass is 10.1. The summed E-state index contributed by atoms with van der Waals surface area (Å²) in [6, 6.07) is 3.08. The van der Waals surface area contributed by atoms with Gasteiger partial charge in [-0.15, -0.1) is 0 Å². The zero-order chi connectivity index (χ0) is 13.4. The van der Waals surface area contributed by atoms with Gasteiger partial charge < -0.3 is 9.64 Å². The smallest absolute Gasteiger partial charge is 0.313 e. The van der Waals surface area contributed by atoms with Gasteiger partial charge in [0.25, 0.3) is 0 Å². The van der Waals surface area contributed by atoms with E-state index in [1.54, 1.807) is 11.0 Å². The van der Waals surface area contributed by atoms with Crippen molar-refractivity contribution in [3.05, 3.63) is 27.8 Å². The molecule has 0 aromatic heterocycles. The molecule has 2 rings (SSSR count). The van der Waals surface area contributed by atoms with E-state index in [1.807, 2.05) is 6.92 Å². The predicted molar refractivity (Wildman–Crippen MR) is 66.0 cm³/mol.